The molecule has 126 valence electrons. The lowest BCUT2D eigenvalue weighted by Crippen LogP contribution is -2.58. The fraction of sp³-hybridized carbons (Fsp3) is 0.769. The van der Waals surface area contributed by atoms with Crippen molar-refractivity contribution in [1.29, 1.82) is 0 Å². The van der Waals surface area contributed by atoms with Gasteiger partial charge in [0.2, 0.25) is 5.91 Å². The molecule has 0 aromatic heterocycles. The van der Waals surface area contributed by atoms with E-state index in [9.17, 15) is 14.5 Å². The smallest absolute Gasteiger partial charge is 0.404 e. The number of phosphoric acid groups is 1. The van der Waals surface area contributed by atoms with Gasteiger partial charge in [0.05, 0.1) is 25.5 Å². The molecule has 1 aliphatic heterocycles. The average Bonchev–Trinajstić information content (AvgIpc) is 2.81. The summed E-state index contributed by atoms with van der Waals surface area (Å²) in [5.41, 5.74) is 1.62. The number of hydrogen-bond acceptors (Lipinski definition) is 7. The first-order valence-electron chi connectivity index (χ1n) is 7.44. The first kappa shape index (κ1) is 17.4. The van der Waals surface area contributed by atoms with E-state index in [1.165, 1.54) is 18.1 Å². The highest BCUT2D eigenvalue weighted by atomic mass is 31.2. The van der Waals surface area contributed by atoms with Crippen LogP contribution in [0, 0.1) is 0 Å². The minimum atomic E-state index is -3.83. The largest absolute Gasteiger partial charge is 0.529 e. The lowest BCUT2D eigenvalue weighted by atomic mass is 9.94. The normalized spacial score (nSPS) is 28.3. The fourth-order valence-electron chi connectivity index (χ4n) is 2.70. The number of carbonyl (C=O) groups excluding carboxylic acids is 1. The Morgan fingerprint density at radius 1 is 1.50 bits per heavy atom. The Hall–Kier alpha value is -0.920. The van der Waals surface area contributed by atoms with Gasteiger partial charge in [-0.1, -0.05) is 0 Å². The highest BCUT2D eigenvalue weighted by molar-refractivity contribution is 7.48. The molecule has 1 aliphatic carbocycles. The average molecular weight is 334 g/mol. The molecule has 2 atom stereocenters. The third-order valence-electron chi connectivity index (χ3n) is 3.72. The number of nitrogens with one attached hydrogen (secondary N) is 1. The Labute approximate surface area is 130 Å². The van der Waals surface area contributed by atoms with Crippen LogP contribution in [0.4, 0.5) is 0 Å². The summed E-state index contributed by atoms with van der Waals surface area (Å²) in [5.74, 6) is -0.230. The first-order valence-corrected chi connectivity index (χ1v) is 8.90. The molecule has 1 amide bonds. The second kappa shape index (κ2) is 6.68. The minimum Gasteiger partial charge on any atom is -0.404 e. The topological polar surface area (TPSA) is 97.3 Å². The number of rotatable bonds is 6. The first-order chi connectivity index (χ1) is 10.3. The van der Waals surface area contributed by atoms with Crippen molar-refractivity contribution in [1.82, 2.24) is 10.4 Å². The standard InChI is InChI=1S/C13H23N2O6P/c1-4-19-22(18,20-5-2)21-12-9-15(10(3)16)14-11-7-6-8-13(11,12)17/h9,11,14,17H,4-8H2,1-3H3/t11-,13+/m0/s1. The van der Waals surface area contributed by atoms with E-state index in [-0.39, 0.29) is 30.9 Å². The molecule has 0 unspecified atom stereocenters. The van der Waals surface area contributed by atoms with Crippen molar-refractivity contribution < 1.29 is 28.0 Å². The second-order valence-electron chi connectivity index (χ2n) is 5.25. The zero-order valence-corrected chi connectivity index (χ0v) is 14.0. The summed E-state index contributed by atoms with van der Waals surface area (Å²) in [7, 11) is -3.83. The molecule has 1 heterocycles. The van der Waals surface area contributed by atoms with Crippen molar-refractivity contribution in [3.63, 3.8) is 0 Å². The Bertz CT molecular complexity index is 501. The summed E-state index contributed by atoms with van der Waals surface area (Å²) in [5, 5.41) is 12.1. The lowest BCUT2D eigenvalue weighted by Gasteiger charge is -2.40. The summed E-state index contributed by atoms with van der Waals surface area (Å²) in [6, 6.07) is -0.381. The van der Waals surface area contributed by atoms with Crippen LogP contribution in [-0.2, 0) is 22.9 Å². The molecule has 22 heavy (non-hydrogen) atoms. The summed E-state index contributed by atoms with van der Waals surface area (Å²) < 4.78 is 28.2. The highest BCUT2D eigenvalue weighted by Crippen LogP contribution is 2.54. The number of amides is 1. The molecule has 2 N–H and O–H groups in total. The van der Waals surface area contributed by atoms with E-state index in [2.05, 4.69) is 5.43 Å². The molecular weight excluding hydrogens is 311 g/mol. The SMILES string of the molecule is CCOP(=O)(OCC)OC1=CN(C(C)=O)N[C@H]2CCC[C@]12O. The maximum Gasteiger partial charge on any atom is 0.529 e. The van der Waals surface area contributed by atoms with Crippen LogP contribution < -0.4 is 5.43 Å². The highest BCUT2D eigenvalue weighted by Gasteiger charge is 2.51. The van der Waals surface area contributed by atoms with E-state index in [1.54, 1.807) is 13.8 Å². The molecule has 0 spiro atoms. The Kier molecular flexibility index (Phi) is 5.29. The molecule has 0 saturated heterocycles. The molecule has 0 aromatic carbocycles. The zero-order valence-electron chi connectivity index (χ0n) is 13.1. The summed E-state index contributed by atoms with van der Waals surface area (Å²) in [6.45, 7) is 4.99. The van der Waals surface area contributed by atoms with Crippen molar-refractivity contribution in [2.45, 2.75) is 51.7 Å². The van der Waals surface area contributed by atoms with Gasteiger partial charge in [0, 0.05) is 6.92 Å². The molecule has 1 fully saturated rings. The van der Waals surface area contributed by atoms with Gasteiger partial charge in [0.1, 0.15) is 5.60 Å². The maximum atomic E-state index is 12.5. The number of nitrogens with zero attached hydrogens (tertiary/aromatic N) is 1. The molecule has 0 radical (unpaired) electrons. The van der Waals surface area contributed by atoms with Gasteiger partial charge in [-0.3, -0.25) is 13.8 Å². The fourth-order valence-corrected chi connectivity index (χ4v) is 3.96. The number of hydrogen-bond donors (Lipinski definition) is 2. The molecule has 0 aromatic rings. The predicted octanol–water partition coefficient (Wildman–Crippen LogP) is 1.68. The Morgan fingerprint density at radius 3 is 2.68 bits per heavy atom. The van der Waals surface area contributed by atoms with E-state index >= 15 is 0 Å². The van der Waals surface area contributed by atoms with Crippen molar-refractivity contribution in [3.8, 4) is 0 Å². The van der Waals surface area contributed by atoms with Crippen LogP contribution in [0.2, 0.25) is 0 Å². The van der Waals surface area contributed by atoms with Gasteiger partial charge in [-0.15, -0.1) is 0 Å². The van der Waals surface area contributed by atoms with Gasteiger partial charge >= 0.3 is 7.82 Å². The number of fused-ring (bicyclic) bond motifs is 1. The van der Waals surface area contributed by atoms with E-state index in [0.29, 0.717) is 12.8 Å². The van der Waals surface area contributed by atoms with Crippen LogP contribution in [0.3, 0.4) is 0 Å². The molecule has 0 bridgehead atoms. The quantitative estimate of drug-likeness (QED) is 0.713. The lowest BCUT2D eigenvalue weighted by molar-refractivity contribution is -0.132. The van der Waals surface area contributed by atoms with Crippen LogP contribution in [0.5, 0.6) is 0 Å². The molecule has 8 nitrogen and oxygen atoms in total. The van der Waals surface area contributed by atoms with Crippen LogP contribution in [0.1, 0.15) is 40.0 Å². The Balaban J connectivity index is 2.31. The van der Waals surface area contributed by atoms with Gasteiger partial charge in [-0.2, -0.15) is 0 Å². The molecule has 2 aliphatic rings. The number of carbonyl (C=O) groups is 1. The van der Waals surface area contributed by atoms with Crippen LogP contribution in [-0.4, -0.2) is 40.9 Å². The Morgan fingerprint density at radius 2 is 2.14 bits per heavy atom. The van der Waals surface area contributed by atoms with Crippen LogP contribution in [0.15, 0.2) is 12.0 Å². The second-order valence-corrected chi connectivity index (χ2v) is 6.85. The van der Waals surface area contributed by atoms with Crippen molar-refractivity contribution in [2.75, 3.05) is 13.2 Å². The number of phosphoric ester groups is 1. The molecule has 9 heteroatoms. The third kappa shape index (κ3) is 3.36. The van der Waals surface area contributed by atoms with Crippen molar-refractivity contribution >= 4 is 13.7 Å². The van der Waals surface area contributed by atoms with Gasteiger partial charge in [-0.25, -0.2) is 15.0 Å². The summed E-state index contributed by atoms with van der Waals surface area (Å²) in [4.78, 5) is 11.6. The monoisotopic (exact) mass is 334 g/mol. The summed E-state index contributed by atoms with van der Waals surface area (Å²) in [6.07, 6.45) is 3.19. The van der Waals surface area contributed by atoms with Crippen LogP contribution >= 0.6 is 7.82 Å². The zero-order chi connectivity index (χ0) is 16.4. The van der Waals surface area contributed by atoms with E-state index in [1.807, 2.05) is 0 Å². The van der Waals surface area contributed by atoms with Crippen molar-refractivity contribution in [2.24, 2.45) is 0 Å². The predicted molar refractivity (Wildman–Crippen MR) is 78.3 cm³/mol. The molecule has 2 rings (SSSR count). The van der Waals surface area contributed by atoms with E-state index in [4.69, 9.17) is 13.6 Å². The van der Waals surface area contributed by atoms with Gasteiger partial charge in [0.25, 0.3) is 0 Å². The molecular formula is C13H23N2O6P. The summed E-state index contributed by atoms with van der Waals surface area (Å²) >= 11 is 0. The van der Waals surface area contributed by atoms with Gasteiger partial charge in [-0.05, 0) is 33.1 Å². The van der Waals surface area contributed by atoms with E-state index < -0.39 is 13.4 Å². The van der Waals surface area contributed by atoms with Crippen LogP contribution in [0.25, 0.3) is 0 Å². The number of aliphatic hydroxyl groups is 1. The minimum absolute atomic E-state index is 0.0363. The van der Waals surface area contributed by atoms with Gasteiger partial charge in [0.15, 0.2) is 5.76 Å². The van der Waals surface area contributed by atoms with E-state index in [0.717, 1.165) is 6.42 Å². The molecule has 1 saturated carbocycles. The third-order valence-corrected chi connectivity index (χ3v) is 5.29. The van der Waals surface area contributed by atoms with Crippen molar-refractivity contribution in [3.05, 3.63) is 12.0 Å². The maximum absolute atomic E-state index is 12.5. The number of hydrazine groups is 1. The van der Waals surface area contributed by atoms with Gasteiger partial charge < -0.3 is 9.63 Å².